The number of amides is 2. The van der Waals surface area contributed by atoms with Crippen LogP contribution in [-0.4, -0.2) is 22.8 Å². The molecule has 1 fully saturated rings. The number of halogens is 1. The van der Waals surface area contributed by atoms with Crippen LogP contribution in [0, 0.1) is 5.82 Å². The number of rotatable bonds is 8. The minimum Gasteiger partial charge on any atom is -0.488 e. The van der Waals surface area contributed by atoms with Crippen molar-refractivity contribution in [3.05, 3.63) is 101 Å². The first-order chi connectivity index (χ1) is 15.0. The number of primary amides is 1. The maximum Gasteiger partial charge on any atom is 0.254 e. The molecule has 2 N–H and O–H groups in total. The molecule has 4 rings (SSSR count). The number of nitrogens with two attached hydrogens (primary N) is 1. The summed E-state index contributed by atoms with van der Waals surface area (Å²) >= 11 is 0. The number of ether oxygens (including phenoxy) is 1. The number of hydrogen-bond donors (Lipinski definition) is 1. The molecule has 0 spiro atoms. The zero-order valence-corrected chi connectivity index (χ0v) is 17.0. The van der Waals surface area contributed by atoms with Gasteiger partial charge in [-0.05, 0) is 48.7 Å². The van der Waals surface area contributed by atoms with Crippen molar-refractivity contribution < 1.29 is 18.7 Å². The van der Waals surface area contributed by atoms with Crippen molar-refractivity contribution in [2.24, 2.45) is 5.73 Å². The Morgan fingerprint density at radius 3 is 2.48 bits per heavy atom. The zero-order valence-electron chi connectivity index (χ0n) is 17.0. The topological polar surface area (TPSA) is 72.6 Å². The van der Waals surface area contributed by atoms with Crippen molar-refractivity contribution in [1.82, 2.24) is 4.90 Å². The molecule has 0 bridgehead atoms. The summed E-state index contributed by atoms with van der Waals surface area (Å²) in [4.78, 5) is 26.5. The molecule has 0 atom stereocenters. The predicted molar refractivity (Wildman–Crippen MR) is 115 cm³/mol. The highest BCUT2D eigenvalue weighted by atomic mass is 19.1. The molecule has 0 saturated heterocycles. The van der Waals surface area contributed by atoms with Gasteiger partial charge in [-0.3, -0.25) is 9.59 Å². The minimum absolute atomic E-state index is 0.134. The average molecular weight is 418 g/mol. The largest absolute Gasteiger partial charge is 0.488 e. The van der Waals surface area contributed by atoms with Gasteiger partial charge in [-0.15, -0.1) is 0 Å². The molecule has 0 aromatic heterocycles. The van der Waals surface area contributed by atoms with E-state index in [-0.39, 0.29) is 30.9 Å². The van der Waals surface area contributed by atoms with E-state index in [1.165, 1.54) is 6.07 Å². The normalized spacial score (nSPS) is 12.9. The summed E-state index contributed by atoms with van der Waals surface area (Å²) in [6.45, 7) is 0.422. The molecular formula is C25H23FN2O3. The van der Waals surface area contributed by atoms with Gasteiger partial charge in [0.05, 0.1) is 5.56 Å². The quantitative estimate of drug-likeness (QED) is 0.593. The van der Waals surface area contributed by atoms with Crippen molar-refractivity contribution in [2.45, 2.75) is 32.0 Å². The fraction of sp³-hybridized carbons (Fsp3) is 0.200. The third kappa shape index (κ3) is 4.91. The fourth-order valence-corrected chi connectivity index (χ4v) is 3.48. The van der Waals surface area contributed by atoms with E-state index in [1.54, 1.807) is 65.6 Å². The van der Waals surface area contributed by atoms with E-state index < -0.39 is 5.91 Å². The van der Waals surface area contributed by atoms with Crippen LogP contribution in [0.5, 0.6) is 5.75 Å². The van der Waals surface area contributed by atoms with Crippen LogP contribution in [0.15, 0.2) is 72.8 Å². The Morgan fingerprint density at radius 2 is 1.74 bits per heavy atom. The standard InChI is InChI=1S/C25H23FN2O3/c26-22-10-3-1-7-19(22)15-28(20-12-13-20)25(30)18-8-5-6-17(14-18)16-31-23-11-4-2-9-21(23)24(27)29/h1-11,14,20H,12-13,15-16H2,(H2,27,29). The van der Waals surface area contributed by atoms with Crippen molar-refractivity contribution >= 4 is 11.8 Å². The molecular weight excluding hydrogens is 395 g/mol. The van der Waals surface area contributed by atoms with Crippen LogP contribution >= 0.6 is 0 Å². The third-order valence-corrected chi connectivity index (χ3v) is 5.27. The SMILES string of the molecule is NC(=O)c1ccccc1OCc1cccc(C(=O)N(Cc2ccccc2F)C2CC2)c1. The number of nitrogens with zero attached hydrogens (tertiary/aromatic N) is 1. The average Bonchev–Trinajstić information content (AvgIpc) is 3.62. The van der Waals surface area contributed by atoms with E-state index in [9.17, 15) is 14.0 Å². The van der Waals surface area contributed by atoms with Crippen LogP contribution in [-0.2, 0) is 13.2 Å². The van der Waals surface area contributed by atoms with E-state index in [4.69, 9.17) is 10.5 Å². The second kappa shape index (κ2) is 9.00. The third-order valence-electron chi connectivity index (χ3n) is 5.27. The molecule has 0 aliphatic heterocycles. The first kappa shape index (κ1) is 20.6. The Labute approximate surface area is 180 Å². The second-order valence-electron chi connectivity index (χ2n) is 7.61. The van der Waals surface area contributed by atoms with Gasteiger partial charge in [0.2, 0.25) is 0 Å². The highest BCUT2D eigenvalue weighted by molar-refractivity contribution is 5.95. The molecule has 3 aromatic carbocycles. The maximum atomic E-state index is 14.1. The number of benzene rings is 3. The molecule has 0 unspecified atom stereocenters. The van der Waals surface area contributed by atoms with Gasteiger partial charge in [0.25, 0.3) is 11.8 Å². The van der Waals surface area contributed by atoms with E-state index in [0.29, 0.717) is 22.4 Å². The molecule has 31 heavy (non-hydrogen) atoms. The van der Waals surface area contributed by atoms with Crippen molar-refractivity contribution in [1.29, 1.82) is 0 Å². The zero-order chi connectivity index (χ0) is 21.8. The molecule has 3 aromatic rings. The first-order valence-corrected chi connectivity index (χ1v) is 10.2. The monoisotopic (exact) mass is 418 g/mol. The number of carbonyl (C=O) groups is 2. The van der Waals surface area contributed by atoms with E-state index in [0.717, 1.165) is 18.4 Å². The van der Waals surface area contributed by atoms with Crippen LogP contribution in [0.2, 0.25) is 0 Å². The van der Waals surface area contributed by atoms with Gasteiger partial charge in [-0.25, -0.2) is 4.39 Å². The smallest absolute Gasteiger partial charge is 0.254 e. The van der Waals surface area contributed by atoms with Crippen LogP contribution in [0.25, 0.3) is 0 Å². The Balaban J connectivity index is 1.50. The van der Waals surface area contributed by atoms with E-state index in [1.807, 2.05) is 6.07 Å². The van der Waals surface area contributed by atoms with Gasteiger partial charge in [-0.1, -0.05) is 42.5 Å². The van der Waals surface area contributed by atoms with Crippen LogP contribution in [0.1, 0.15) is 44.7 Å². The molecule has 2 amide bonds. The summed E-state index contributed by atoms with van der Waals surface area (Å²) in [5.74, 6) is -0.611. The lowest BCUT2D eigenvalue weighted by Crippen LogP contribution is -2.33. The fourth-order valence-electron chi connectivity index (χ4n) is 3.48. The lowest BCUT2D eigenvalue weighted by molar-refractivity contribution is 0.0728. The van der Waals surface area contributed by atoms with Crippen molar-refractivity contribution in [3.63, 3.8) is 0 Å². The molecule has 1 saturated carbocycles. The van der Waals surface area contributed by atoms with Crippen LogP contribution < -0.4 is 10.5 Å². The van der Waals surface area contributed by atoms with Gasteiger partial charge in [-0.2, -0.15) is 0 Å². The van der Waals surface area contributed by atoms with Crippen LogP contribution in [0.3, 0.4) is 0 Å². The van der Waals surface area contributed by atoms with Crippen molar-refractivity contribution in [3.8, 4) is 5.75 Å². The molecule has 1 aliphatic rings. The molecule has 6 heteroatoms. The van der Waals surface area contributed by atoms with E-state index in [2.05, 4.69) is 0 Å². The maximum absolute atomic E-state index is 14.1. The Hall–Kier alpha value is -3.67. The Bertz CT molecular complexity index is 1110. The predicted octanol–water partition coefficient (Wildman–Crippen LogP) is 4.31. The Kier molecular flexibility index (Phi) is 5.98. The van der Waals surface area contributed by atoms with Gasteiger partial charge < -0.3 is 15.4 Å². The second-order valence-corrected chi connectivity index (χ2v) is 7.61. The van der Waals surface area contributed by atoms with E-state index >= 15 is 0 Å². The summed E-state index contributed by atoms with van der Waals surface area (Å²) in [7, 11) is 0. The first-order valence-electron chi connectivity index (χ1n) is 10.2. The molecule has 1 aliphatic carbocycles. The number of para-hydroxylation sites is 1. The summed E-state index contributed by atoms with van der Waals surface area (Å²) in [6.07, 6.45) is 1.85. The summed E-state index contributed by atoms with van der Waals surface area (Å²) in [5.41, 5.74) is 7.51. The van der Waals surface area contributed by atoms with Gasteiger partial charge >= 0.3 is 0 Å². The molecule has 0 radical (unpaired) electrons. The number of carbonyl (C=O) groups excluding carboxylic acids is 2. The minimum atomic E-state index is -0.562. The molecule has 5 nitrogen and oxygen atoms in total. The highest BCUT2D eigenvalue weighted by Gasteiger charge is 2.33. The lowest BCUT2D eigenvalue weighted by atomic mass is 10.1. The summed E-state index contributed by atoms with van der Waals surface area (Å²) < 4.78 is 19.9. The van der Waals surface area contributed by atoms with Crippen LogP contribution in [0.4, 0.5) is 4.39 Å². The summed E-state index contributed by atoms with van der Waals surface area (Å²) in [5, 5.41) is 0. The Morgan fingerprint density at radius 1 is 1.00 bits per heavy atom. The van der Waals surface area contributed by atoms with Gasteiger partial charge in [0.15, 0.2) is 0 Å². The van der Waals surface area contributed by atoms with Crippen molar-refractivity contribution in [2.75, 3.05) is 0 Å². The highest BCUT2D eigenvalue weighted by Crippen LogP contribution is 2.30. The molecule has 0 heterocycles. The lowest BCUT2D eigenvalue weighted by Gasteiger charge is -2.23. The molecule has 158 valence electrons. The van der Waals surface area contributed by atoms with Gasteiger partial charge in [0, 0.05) is 23.7 Å². The number of hydrogen-bond acceptors (Lipinski definition) is 3. The van der Waals surface area contributed by atoms with Gasteiger partial charge in [0.1, 0.15) is 18.2 Å². The summed E-state index contributed by atoms with van der Waals surface area (Å²) in [6, 6.07) is 20.6.